The minimum absolute atomic E-state index is 0.0443. The Hall–Kier alpha value is -2.58. The van der Waals surface area contributed by atoms with Gasteiger partial charge in [0.1, 0.15) is 18.5 Å². The van der Waals surface area contributed by atoms with Gasteiger partial charge in [-0.05, 0) is 31.5 Å². The number of nitrogens with one attached hydrogen (secondary N) is 1. The third-order valence-electron chi connectivity index (χ3n) is 5.17. The molecule has 1 fully saturated rings. The first-order valence-corrected chi connectivity index (χ1v) is 10.5. The summed E-state index contributed by atoms with van der Waals surface area (Å²) < 4.78 is 39.4. The fourth-order valence-electron chi connectivity index (χ4n) is 3.71. The van der Waals surface area contributed by atoms with Gasteiger partial charge in [-0.25, -0.2) is 8.42 Å². The van der Waals surface area contributed by atoms with Gasteiger partial charge >= 0.3 is 0 Å². The molecule has 7 nitrogen and oxygen atoms in total. The van der Waals surface area contributed by atoms with E-state index in [2.05, 4.69) is 5.32 Å². The van der Waals surface area contributed by atoms with Gasteiger partial charge in [0.05, 0.1) is 23.7 Å². The second kappa shape index (κ2) is 7.10. The number of sulfonamides is 1. The van der Waals surface area contributed by atoms with Crippen LogP contribution in [0.15, 0.2) is 47.4 Å². The molecule has 28 heavy (non-hydrogen) atoms. The van der Waals surface area contributed by atoms with Crippen molar-refractivity contribution in [2.45, 2.75) is 30.4 Å². The Labute approximate surface area is 164 Å². The lowest BCUT2D eigenvalue weighted by Gasteiger charge is -2.31. The predicted octanol–water partition coefficient (Wildman–Crippen LogP) is 2.16. The quantitative estimate of drug-likeness (QED) is 0.850. The average molecular weight is 402 g/mol. The Bertz CT molecular complexity index is 1000. The van der Waals surface area contributed by atoms with Crippen LogP contribution in [0.3, 0.4) is 0 Å². The zero-order valence-electron chi connectivity index (χ0n) is 15.7. The number of aryl methyl sites for hydroxylation is 1. The molecule has 148 valence electrons. The number of methoxy groups -OCH3 is 1. The summed E-state index contributed by atoms with van der Waals surface area (Å²) in [6.07, 6.45) is 0.0372. The van der Waals surface area contributed by atoms with Gasteiger partial charge in [0, 0.05) is 18.2 Å². The summed E-state index contributed by atoms with van der Waals surface area (Å²) in [7, 11) is -2.25. The maximum absolute atomic E-state index is 13.4. The van der Waals surface area contributed by atoms with Crippen molar-refractivity contribution in [1.29, 1.82) is 0 Å². The summed E-state index contributed by atoms with van der Waals surface area (Å²) in [5.41, 5.74) is 2.22. The van der Waals surface area contributed by atoms with Crippen molar-refractivity contribution in [2.24, 2.45) is 0 Å². The van der Waals surface area contributed by atoms with Crippen LogP contribution >= 0.6 is 0 Å². The summed E-state index contributed by atoms with van der Waals surface area (Å²) in [6.45, 7) is 2.09. The minimum atomic E-state index is -3.79. The largest absolute Gasteiger partial charge is 0.497 e. The number of amides is 1. The van der Waals surface area contributed by atoms with E-state index >= 15 is 0 Å². The Morgan fingerprint density at radius 3 is 2.64 bits per heavy atom. The molecule has 0 aromatic heterocycles. The van der Waals surface area contributed by atoms with Crippen LogP contribution in [0.1, 0.15) is 23.7 Å². The van der Waals surface area contributed by atoms with Crippen LogP contribution in [0.25, 0.3) is 0 Å². The Morgan fingerprint density at radius 1 is 1.18 bits per heavy atom. The molecular weight excluding hydrogens is 380 g/mol. The lowest BCUT2D eigenvalue weighted by molar-refractivity contribution is -0.137. The summed E-state index contributed by atoms with van der Waals surface area (Å²) in [4.78, 5) is 12.0. The number of benzene rings is 2. The Kier molecular flexibility index (Phi) is 4.76. The van der Waals surface area contributed by atoms with Crippen LogP contribution in [0.4, 0.5) is 5.69 Å². The number of hydrogen-bond acceptors (Lipinski definition) is 5. The van der Waals surface area contributed by atoms with E-state index in [1.165, 1.54) is 11.4 Å². The smallest absolute Gasteiger partial charge is 0.264 e. The van der Waals surface area contributed by atoms with Crippen LogP contribution < -0.4 is 14.4 Å². The number of morpholine rings is 1. The molecule has 2 aliphatic heterocycles. The molecule has 0 bridgehead atoms. The van der Waals surface area contributed by atoms with Gasteiger partial charge in [-0.2, -0.15) is 0 Å². The molecule has 8 heteroatoms. The van der Waals surface area contributed by atoms with Gasteiger partial charge in [0.15, 0.2) is 0 Å². The summed E-state index contributed by atoms with van der Waals surface area (Å²) in [5.74, 6) is 0.368. The average Bonchev–Trinajstić information content (AvgIpc) is 2.84. The molecule has 1 saturated heterocycles. The molecule has 1 amide bonds. The van der Waals surface area contributed by atoms with E-state index in [1.807, 2.05) is 13.0 Å². The fourth-order valence-corrected chi connectivity index (χ4v) is 5.20. The van der Waals surface area contributed by atoms with Crippen molar-refractivity contribution < 1.29 is 22.7 Å². The highest BCUT2D eigenvalue weighted by atomic mass is 32.2. The van der Waals surface area contributed by atoms with Crippen molar-refractivity contribution in [3.05, 3.63) is 53.6 Å². The standard InChI is InChI=1S/C20H22N2O5S/c1-13-3-6-15(7-4-13)28(24,25)22-10-9-17-20(27-12-19(23)21-17)16-8-5-14(26-2)11-18(16)22/h3-8,11,17,20H,9-10,12H2,1-2H3,(H,21,23)/t17-,20+/m1/s1. The van der Waals surface area contributed by atoms with E-state index in [0.29, 0.717) is 17.9 Å². The summed E-state index contributed by atoms with van der Waals surface area (Å²) in [5, 5.41) is 2.93. The molecule has 1 N–H and O–H groups in total. The van der Waals surface area contributed by atoms with Crippen LogP contribution in [0.5, 0.6) is 5.75 Å². The second-order valence-electron chi connectivity index (χ2n) is 7.01. The number of nitrogens with zero attached hydrogens (tertiary/aromatic N) is 1. The van der Waals surface area contributed by atoms with Gasteiger partial charge in [-0.1, -0.05) is 23.8 Å². The number of carbonyl (C=O) groups excluding carboxylic acids is 1. The molecule has 2 heterocycles. The predicted molar refractivity (Wildman–Crippen MR) is 104 cm³/mol. The highest BCUT2D eigenvalue weighted by Crippen LogP contribution is 2.40. The summed E-state index contributed by atoms with van der Waals surface area (Å²) in [6, 6.07) is 11.8. The summed E-state index contributed by atoms with van der Waals surface area (Å²) >= 11 is 0. The highest BCUT2D eigenvalue weighted by molar-refractivity contribution is 7.92. The van der Waals surface area contributed by atoms with Gasteiger partial charge < -0.3 is 14.8 Å². The molecule has 4 rings (SSSR count). The van der Waals surface area contributed by atoms with Crippen molar-refractivity contribution in [1.82, 2.24) is 5.32 Å². The highest BCUT2D eigenvalue weighted by Gasteiger charge is 2.39. The van der Waals surface area contributed by atoms with Crippen molar-refractivity contribution in [3.63, 3.8) is 0 Å². The third kappa shape index (κ3) is 3.22. The molecule has 0 saturated carbocycles. The van der Waals surface area contributed by atoms with E-state index < -0.39 is 16.1 Å². The SMILES string of the molecule is COc1ccc2c(c1)N(S(=O)(=O)c1ccc(C)cc1)CC[C@H]1NC(=O)CO[C@@H]21. The van der Waals surface area contributed by atoms with E-state index in [-0.39, 0.29) is 30.0 Å². The monoisotopic (exact) mass is 402 g/mol. The number of ether oxygens (including phenoxy) is 2. The molecule has 2 aromatic carbocycles. The van der Waals surface area contributed by atoms with E-state index in [4.69, 9.17) is 9.47 Å². The molecule has 2 aliphatic rings. The zero-order chi connectivity index (χ0) is 19.9. The van der Waals surface area contributed by atoms with Crippen LogP contribution in [0.2, 0.25) is 0 Å². The van der Waals surface area contributed by atoms with E-state index in [0.717, 1.165) is 11.1 Å². The van der Waals surface area contributed by atoms with Gasteiger partial charge in [-0.3, -0.25) is 9.10 Å². The Balaban J connectivity index is 1.84. The molecule has 0 spiro atoms. The van der Waals surface area contributed by atoms with Crippen LogP contribution in [-0.4, -0.2) is 40.6 Å². The molecule has 0 aliphatic carbocycles. The normalized spacial score (nSPS) is 21.9. The fraction of sp³-hybridized carbons (Fsp3) is 0.350. The third-order valence-corrected chi connectivity index (χ3v) is 7.00. The topological polar surface area (TPSA) is 84.9 Å². The van der Waals surface area contributed by atoms with Crippen LogP contribution in [-0.2, 0) is 19.6 Å². The van der Waals surface area contributed by atoms with E-state index in [1.54, 1.807) is 36.4 Å². The van der Waals surface area contributed by atoms with Gasteiger partial charge in [0.25, 0.3) is 10.0 Å². The van der Waals surface area contributed by atoms with Gasteiger partial charge in [-0.15, -0.1) is 0 Å². The lowest BCUT2D eigenvalue weighted by atomic mass is 9.98. The Morgan fingerprint density at radius 2 is 1.93 bits per heavy atom. The number of rotatable bonds is 3. The number of carbonyl (C=O) groups is 1. The van der Waals surface area contributed by atoms with Crippen molar-refractivity contribution >= 4 is 21.6 Å². The van der Waals surface area contributed by atoms with E-state index in [9.17, 15) is 13.2 Å². The zero-order valence-corrected chi connectivity index (χ0v) is 16.5. The molecule has 2 aromatic rings. The minimum Gasteiger partial charge on any atom is -0.497 e. The lowest BCUT2D eigenvalue weighted by Crippen LogP contribution is -2.47. The number of fused-ring (bicyclic) bond motifs is 3. The number of anilines is 1. The maximum Gasteiger partial charge on any atom is 0.264 e. The maximum atomic E-state index is 13.4. The second-order valence-corrected chi connectivity index (χ2v) is 8.87. The van der Waals surface area contributed by atoms with Gasteiger partial charge in [0.2, 0.25) is 5.91 Å². The molecule has 2 atom stereocenters. The molecular formula is C20H22N2O5S. The molecule has 0 radical (unpaired) electrons. The first kappa shape index (κ1) is 18.8. The van der Waals surface area contributed by atoms with Crippen LogP contribution in [0, 0.1) is 6.92 Å². The van der Waals surface area contributed by atoms with Crippen molar-refractivity contribution in [3.8, 4) is 5.75 Å². The first-order valence-electron chi connectivity index (χ1n) is 9.08. The van der Waals surface area contributed by atoms with Crippen molar-refractivity contribution in [2.75, 3.05) is 24.6 Å². The number of hydrogen-bond donors (Lipinski definition) is 1. The first-order chi connectivity index (χ1) is 13.4. The molecule has 0 unspecified atom stereocenters.